The first-order valence-corrected chi connectivity index (χ1v) is 9.87. The van der Waals surface area contributed by atoms with Gasteiger partial charge in [-0.3, -0.25) is 0 Å². The molecule has 2 bridgehead atoms. The molecule has 26 heavy (non-hydrogen) atoms. The molecule has 3 nitrogen and oxygen atoms in total. The molecule has 142 valence electrons. The molecule has 0 unspecified atom stereocenters. The third-order valence-corrected chi connectivity index (χ3v) is 7.23. The maximum Gasteiger partial charge on any atom is 0.418 e. The zero-order chi connectivity index (χ0) is 18.1. The predicted octanol–water partition coefficient (Wildman–Crippen LogP) is 4.20. The van der Waals surface area contributed by atoms with E-state index in [-0.39, 0.29) is 12.0 Å². The quantitative estimate of drug-likeness (QED) is 0.822. The van der Waals surface area contributed by atoms with Crippen LogP contribution in [0.25, 0.3) is 0 Å². The lowest BCUT2D eigenvalue weighted by Crippen LogP contribution is -2.42. The van der Waals surface area contributed by atoms with Gasteiger partial charge in [-0.15, -0.1) is 0 Å². The second kappa shape index (κ2) is 5.78. The van der Waals surface area contributed by atoms with Crippen LogP contribution in [0.2, 0.25) is 0 Å². The van der Waals surface area contributed by atoms with Crippen molar-refractivity contribution in [1.82, 2.24) is 5.32 Å². The number of hydrogen-bond acceptors (Lipinski definition) is 3. The number of nitrogens with one attached hydrogen (secondary N) is 2. The van der Waals surface area contributed by atoms with Crippen LogP contribution >= 0.6 is 0 Å². The van der Waals surface area contributed by atoms with E-state index in [2.05, 4.69) is 10.6 Å². The SMILES string of the molecule is CN1c2c(cc(N[C@@H]3C[C@H]4CC[C@@H]3C4)cc2C(F)(F)F)[C@@H]2CNCC[C@@H]21. The van der Waals surface area contributed by atoms with Gasteiger partial charge in [0, 0.05) is 37.3 Å². The Labute approximate surface area is 152 Å². The lowest BCUT2D eigenvalue weighted by atomic mass is 9.89. The number of piperidine rings is 1. The van der Waals surface area contributed by atoms with Gasteiger partial charge in [0.15, 0.2) is 0 Å². The van der Waals surface area contributed by atoms with E-state index in [1.54, 1.807) is 0 Å². The fourth-order valence-corrected chi connectivity index (χ4v) is 6.06. The Morgan fingerprint density at radius 3 is 2.69 bits per heavy atom. The van der Waals surface area contributed by atoms with Crippen LogP contribution in [-0.4, -0.2) is 32.2 Å². The van der Waals surface area contributed by atoms with E-state index in [9.17, 15) is 13.2 Å². The Morgan fingerprint density at radius 2 is 2.00 bits per heavy atom. The van der Waals surface area contributed by atoms with E-state index in [0.717, 1.165) is 37.4 Å². The summed E-state index contributed by atoms with van der Waals surface area (Å²) in [6.45, 7) is 1.63. The molecule has 2 aliphatic heterocycles. The average molecular weight is 365 g/mol. The molecular formula is C20H26F3N3. The Bertz CT molecular complexity index is 717. The van der Waals surface area contributed by atoms with Crippen LogP contribution in [0.15, 0.2) is 12.1 Å². The molecule has 2 saturated carbocycles. The molecule has 3 fully saturated rings. The highest BCUT2D eigenvalue weighted by molar-refractivity contribution is 5.72. The number of hydrogen-bond donors (Lipinski definition) is 2. The maximum atomic E-state index is 13.9. The summed E-state index contributed by atoms with van der Waals surface area (Å²) in [5.74, 6) is 1.55. The van der Waals surface area contributed by atoms with Crippen LogP contribution in [-0.2, 0) is 6.18 Å². The minimum absolute atomic E-state index is 0.145. The van der Waals surface area contributed by atoms with Crippen molar-refractivity contribution in [2.24, 2.45) is 11.8 Å². The number of rotatable bonds is 2. The number of halogens is 3. The number of likely N-dealkylation sites (N-methyl/N-ethyl adjacent to an activating group) is 1. The summed E-state index contributed by atoms with van der Waals surface area (Å²) in [4.78, 5) is 1.88. The lowest BCUT2D eigenvalue weighted by molar-refractivity contribution is -0.137. The van der Waals surface area contributed by atoms with Crippen LogP contribution in [0.4, 0.5) is 24.5 Å². The summed E-state index contributed by atoms with van der Waals surface area (Å²) in [5.41, 5.74) is 1.45. The minimum Gasteiger partial charge on any atom is -0.382 e. The van der Waals surface area contributed by atoms with E-state index in [1.807, 2.05) is 18.0 Å². The second-order valence-corrected chi connectivity index (χ2v) is 8.66. The highest BCUT2D eigenvalue weighted by Gasteiger charge is 2.45. The topological polar surface area (TPSA) is 27.3 Å². The average Bonchev–Trinajstić information content (AvgIpc) is 3.29. The monoisotopic (exact) mass is 365 g/mol. The van der Waals surface area contributed by atoms with Crippen molar-refractivity contribution >= 4 is 11.4 Å². The van der Waals surface area contributed by atoms with Gasteiger partial charge in [0.1, 0.15) is 0 Å². The van der Waals surface area contributed by atoms with Crippen molar-refractivity contribution in [3.8, 4) is 0 Å². The number of anilines is 2. The van der Waals surface area contributed by atoms with Crippen molar-refractivity contribution in [2.45, 2.75) is 56.3 Å². The number of nitrogens with zero attached hydrogens (tertiary/aromatic N) is 1. The van der Waals surface area contributed by atoms with Gasteiger partial charge >= 0.3 is 6.18 Å². The Balaban J connectivity index is 1.54. The van der Waals surface area contributed by atoms with Gasteiger partial charge in [-0.1, -0.05) is 6.42 Å². The molecule has 1 saturated heterocycles. The molecule has 5 atom stereocenters. The molecular weight excluding hydrogens is 339 g/mol. The summed E-state index contributed by atoms with van der Waals surface area (Å²) in [5, 5.41) is 6.85. The van der Waals surface area contributed by atoms with Gasteiger partial charge < -0.3 is 15.5 Å². The number of alkyl halides is 3. The minimum atomic E-state index is -4.33. The van der Waals surface area contributed by atoms with Crippen LogP contribution < -0.4 is 15.5 Å². The summed E-state index contributed by atoms with van der Waals surface area (Å²) in [7, 11) is 1.83. The van der Waals surface area contributed by atoms with Crippen molar-refractivity contribution in [2.75, 3.05) is 30.4 Å². The first kappa shape index (κ1) is 16.7. The smallest absolute Gasteiger partial charge is 0.382 e. The molecule has 5 rings (SSSR count). The molecule has 6 heteroatoms. The van der Waals surface area contributed by atoms with E-state index in [1.165, 1.54) is 25.3 Å². The molecule has 4 aliphatic rings. The largest absolute Gasteiger partial charge is 0.418 e. The summed E-state index contributed by atoms with van der Waals surface area (Å²) >= 11 is 0. The molecule has 0 spiro atoms. The number of benzene rings is 1. The van der Waals surface area contributed by atoms with Crippen LogP contribution in [0.3, 0.4) is 0 Å². The van der Waals surface area contributed by atoms with Crippen LogP contribution in [0.1, 0.15) is 49.1 Å². The molecule has 0 amide bonds. The molecule has 0 radical (unpaired) electrons. The standard InChI is InChI=1S/C20H26F3N3/c1-26-18-4-5-24-10-15(18)14-8-13(9-16(19(14)26)20(21,22)23)25-17-7-11-2-3-12(17)6-11/h8-9,11-12,15,17-18,24-25H,2-7,10H2,1H3/t11-,12+,15-,17+,18-/m0/s1. The van der Waals surface area contributed by atoms with E-state index in [0.29, 0.717) is 23.3 Å². The van der Waals surface area contributed by atoms with Crippen LogP contribution in [0, 0.1) is 11.8 Å². The highest BCUT2D eigenvalue weighted by atomic mass is 19.4. The third-order valence-electron chi connectivity index (χ3n) is 7.23. The van der Waals surface area contributed by atoms with Crippen molar-refractivity contribution in [3.05, 3.63) is 23.3 Å². The molecule has 2 N–H and O–H groups in total. The van der Waals surface area contributed by atoms with Gasteiger partial charge in [0.05, 0.1) is 11.3 Å². The maximum absolute atomic E-state index is 13.9. The fraction of sp³-hybridized carbons (Fsp3) is 0.700. The normalized spacial score (nSPS) is 35.5. The van der Waals surface area contributed by atoms with Crippen molar-refractivity contribution in [1.29, 1.82) is 0 Å². The first-order chi connectivity index (χ1) is 12.4. The Kier molecular flexibility index (Phi) is 3.72. The molecule has 2 heterocycles. The van der Waals surface area contributed by atoms with Gasteiger partial charge in [0.2, 0.25) is 0 Å². The molecule has 2 aliphatic carbocycles. The lowest BCUT2D eigenvalue weighted by Gasteiger charge is -2.31. The fourth-order valence-electron chi connectivity index (χ4n) is 6.06. The Morgan fingerprint density at radius 1 is 1.15 bits per heavy atom. The van der Waals surface area contributed by atoms with Gasteiger partial charge in [-0.25, -0.2) is 0 Å². The molecule has 0 aromatic heterocycles. The predicted molar refractivity (Wildman–Crippen MR) is 96.7 cm³/mol. The van der Waals surface area contributed by atoms with Gasteiger partial charge in [-0.05, 0) is 61.8 Å². The van der Waals surface area contributed by atoms with E-state index in [4.69, 9.17) is 0 Å². The zero-order valence-electron chi connectivity index (χ0n) is 15.1. The number of fused-ring (bicyclic) bond motifs is 5. The molecule has 1 aromatic carbocycles. The summed E-state index contributed by atoms with van der Waals surface area (Å²) in [6.07, 6.45) is 1.43. The van der Waals surface area contributed by atoms with Crippen LogP contribution in [0.5, 0.6) is 0 Å². The zero-order valence-corrected chi connectivity index (χ0v) is 15.1. The van der Waals surface area contributed by atoms with E-state index < -0.39 is 11.7 Å². The third kappa shape index (κ3) is 2.52. The van der Waals surface area contributed by atoms with Crippen molar-refractivity contribution < 1.29 is 13.2 Å². The Hall–Kier alpha value is -1.43. The van der Waals surface area contributed by atoms with Crippen molar-refractivity contribution in [3.63, 3.8) is 0 Å². The van der Waals surface area contributed by atoms with Gasteiger partial charge in [-0.2, -0.15) is 13.2 Å². The molecule has 1 aromatic rings. The van der Waals surface area contributed by atoms with E-state index >= 15 is 0 Å². The van der Waals surface area contributed by atoms with Gasteiger partial charge in [0.25, 0.3) is 0 Å². The summed E-state index contributed by atoms with van der Waals surface area (Å²) < 4.78 is 41.6. The highest BCUT2D eigenvalue weighted by Crippen LogP contribution is 2.51. The second-order valence-electron chi connectivity index (χ2n) is 8.66. The first-order valence-electron chi connectivity index (χ1n) is 9.87. The summed E-state index contributed by atoms with van der Waals surface area (Å²) in [6, 6.07) is 3.87.